The summed E-state index contributed by atoms with van der Waals surface area (Å²) in [5, 5.41) is 11.5. The van der Waals surface area contributed by atoms with Gasteiger partial charge in [-0.3, -0.25) is 0 Å². The summed E-state index contributed by atoms with van der Waals surface area (Å²) in [5.41, 5.74) is 1.94. The summed E-state index contributed by atoms with van der Waals surface area (Å²) in [5.74, 6) is -1.78. The standard InChI is InChI=1S/C19H20N2O5/c1-3-25-18(23)15-16(19(24)26-4-2)21-14(17(15)22)9-11-10-20-13-8-6-5-7-12(11)13/h5-8,10,20-22H,3-4,9H2,1-2H3. The lowest BCUT2D eigenvalue weighted by Crippen LogP contribution is -2.13. The van der Waals surface area contributed by atoms with Gasteiger partial charge >= 0.3 is 11.9 Å². The van der Waals surface area contributed by atoms with E-state index in [2.05, 4.69) is 9.97 Å². The van der Waals surface area contributed by atoms with Gasteiger partial charge in [-0.2, -0.15) is 0 Å². The lowest BCUT2D eigenvalue weighted by molar-refractivity contribution is 0.0473. The number of hydrogen-bond acceptors (Lipinski definition) is 5. The van der Waals surface area contributed by atoms with Gasteiger partial charge in [-0.1, -0.05) is 18.2 Å². The molecule has 0 aliphatic carbocycles. The van der Waals surface area contributed by atoms with Crippen molar-refractivity contribution >= 4 is 22.8 Å². The Kier molecular flexibility index (Phi) is 4.97. The van der Waals surface area contributed by atoms with E-state index in [0.29, 0.717) is 12.1 Å². The Morgan fingerprint density at radius 1 is 1.08 bits per heavy atom. The van der Waals surface area contributed by atoms with Crippen molar-refractivity contribution in [3.63, 3.8) is 0 Å². The molecule has 7 heteroatoms. The summed E-state index contributed by atoms with van der Waals surface area (Å²) >= 11 is 0. The van der Waals surface area contributed by atoms with Gasteiger partial charge in [-0.15, -0.1) is 0 Å². The van der Waals surface area contributed by atoms with Crippen molar-refractivity contribution in [1.82, 2.24) is 9.97 Å². The van der Waals surface area contributed by atoms with Crippen molar-refractivity contribution in [2.24, 2.45) is 0 Å². The first kappa shape index (κ1) is 17.6. The summed E-state index contributed by atoms with van der Waals surface area (Å²) in [4.78, 5) is 30.4. The number of carbonyl (C=O) groups is 2. The molecule has 0 saturated heterocycles. The Balaban J connectivity index is 2.03. The van der Waals surface area contributed by atoms with Crippen LogP contribution in [0.3, 0.4) is 0 Å². The number of nitrogens with one attached hydrogen (secondary N) is 2. The lowest BCUT2D eigenvalue weighted by Gasteiger charge is -2.04. The molecule has 136 valence electrons. The van der Waals surface area contributed by atoms with Crippen LogP contribution >= 0.6 is 0 Å². The Morgan fingerprint density at radius 2 is 1.77 bits per heavy atom. The fraction of sp³-hybridized carbons (Fsp3) is 0.263. The van der Waals surface area contributed by atoms with Gasteiger partial charge in [-0.05, 0) is 25.5 Å². The number of benzene rings is 1. The molecule has 0 spiro atoms. The normalized spacial score (nSPS) is 10.8. The second-order valence-corrected chi connectivity index (χ2v) is 5.68. The summed E-state index contributed by atoms with van der Waals surface area (Å²) in [6, 6.07) is 7.75. The summed E-state index contributed by atoms with van der Waals surface area (Å²) in [6.07, 6.45) is 2.14. The largest absolute Gasteiger partial charge is 0.505 e. The summed E-state index contributed by atoms with van der Waals surface area (Å²) < 4.78 is 9.94. The molecule has 0 saturated carbocycles. The zero-order valence-corrected chi connectivity index (χ0v) is 14.6. The van der Waals surface area contributed by atoms with Crippen molar-refractivity contribution in [1.29, 1.82) is 0 Å². The molecule has 0 aliphatic rings. The molecule has 3 N–H and O–H groups in total. The minimum absolute atomic E-state index is 0.0994. The highest BCUT2D eigenvalue weighted by Gasteiger charge is 2.29. The van der Waals surface area contributed by atoms with Gasteiger partial charge in [0, 0.05) is 23.5 Å². The third-order valence-corrected chi connectivity index (χ3v) is 4.05. The second kappa shape index (κ2) is 7.35. The number of fused-ring (bicyclic) bond motifs is 1. The molecule has 0 atom stereocenters. The van der Waals surface area contributed by atoms with Crippen molar-refractivity contribution < 1.29 is 24.2 Å². The van der Waals surface area contributed by atoms with Crippen LogP contribution in [0, 0.1) is 0 Å². The van der Waals surface area contributed by atoms with Gasteiger partial charge in [0.15, 0.2) is 5.75 Å². The van der Waals surface area contributed by atoms with Crippen LogP contribution in [0.1, 0.15) is 46.0 Å². The molecular formula is C19H20N2O5. The fourth-order valence-corrected chi connectivity index (χ4v) is 2.90. The number of hydrogen-bond donors (Lipinski definition) is 3. The fourth-order valence-electron chi connectivity index (χ4n) is 2.90. The van der Waals surface area contributed by atoms with E-state index in [1.807, 2.05) is 30.5 Å². The molecule has 2 aromatic heterocycles. The van der Waals surface area contributed by atoms with E-state index >= 15 is 0 Å². The maximum Gasteiger partial charge on any atom is 0.355 e. The maximum atomic E-state index is 12.2. The monoisotopic (exact) mass is 356 g/mol. The first-order chi connectivity index (χ1) is 12.6. The van der Waals surface area contributed by atoms with E-state index < -0.39 is 11.9 Å². The van der Waals surface area contributed by atoms with Crippen LogP contribution in [0.25, 0.3) is 10.9 Å². The number of aromatic amines is 2. The van der Waals surface area contributed by atoms with Gasteiger partial charge < -0.3 is 24.5 Å². The summed E-state index contributed by atoms with van der Waals surface area (Å²) in [6.45, 7) is 3.60. The van der Waals surface area contributed by atoms with E-state index in [4.69, 9.17) is 9.47 Å². The lowest BCUT2D eigenvalue weighted by atomic mass is 10.1. The molecule has 0 unspecified atom stereocenters. The number of esters is 2. The number of ether oxygens (including phenoxy) is 2. The highest BCUT2D eigenvalue weighted by molar-refractivity contribution is 6.04. The molecule has 0 aliphatic heterocycles. The van der Waals surface area contributed by atoms with Crippen LogP contribution in [0.15, 0.2) is 30.5 Å². The topological polar surface area (TPSA) is 104 Å². The number of para-hydroxylation sites is 1. The Morgan fingerprint density at radius 3 is 2.50 bits per heavy atom. The van der Waals surface area contributed by atoms with Gasteiger partial charge in [0.25, 0.3) is 0 Å². The maximum absolute atomic E-state index is 12.2. The summed E-state index contributed by atoms with van der Waals surface area (Å²) in [7, 11) is 0. The van der Waals surface area contributed by atoms with Gasteiger partial charge in [-0.25, -0.2) is 9.59 Å². The molecule has 0 bridgehead atoms. The smallest absolute Gasteiger partial charge is 0.355 e. The third kappa shape index (κ3) is 3.15. The highest BCUT2D eigenvalue weighted by atomic mass is 16.5. The predicted octanol–water partition coefficient (Wildman–Crippen LogP) is 3.15. The molecule has 1 aromatic carbocycles. The minimum atomic E-state index is -0.769. The van der Waals surface area contributed by atoms with Crippen molar-refractivity contribution in [2.45, 2.75) is 20.3 Å². The van der Waals surface area contributed by atoms with Crippen LogP contribution in [0.5, 0.6) is 5.75 Å². The average molecular weight is 356 g/mol. The van der Waals surface area contributed by atoms with Gasteiger partial charge in [0.1, 0.15) is 11.3 Å². The van der Waals surface area contributed by atoms with Crippen LogP contribution in [-0.2, 0) is 15.9 Å². The molecule has 7 nitrogen and oxygen atoms in total. The van der Waals surface area contributed by atoms with E-state index in [-0.39, 0.29) is 30.2 Å². The first-order valence-electron chi connectivity index (χ1n) is 8.39. The number of aromatic hydroxyl groups is 1. The third-order valence-electron chi connectivity index (χ3n) is 4.05. The average Bonchev–Trinajstić information content (AvgIpc) is 3.18. The number of H-pyrrole nitrogens is 2. The van der Waals surface area contributed by atoms with Gasteiger partial charge in [0.2, 0.25) is 0 Å². The number of carbonyl (C=O) groups excluding carboxylic acids is 2. The molecule has 0 radical (unpaired) electrons. The van der Waals surface area contributed by atoms with E-state index in [1.54, 1.807) is 13.8 Å². The first-order valence-corrected chi connectivity index (χ1v) is 8.39. The van der Waals surface area contributed by atoms with Crippen LogP contribution in [0.2, 0.25) is 0 Å². The SMILES string of the molecule is CCOC(=O)c1[nH]c(Cc2c[nH]c3ccccc23)c(O)c1C(=O)OCC. The highest BCUT2D eigenvalue weighted by Crippen LogP contribution is 2.31. The zero-order chi connectivity index (χ0) is 18.7. The molecule has 0 fully saturated rings. The molecule has 0 amide bonds. The van der Waals surface area contributed by atoms with Crippen molar-refractivity contribution in [3.8, 4) is 5.75 Å². The van der Waals surface area contributed by atoms with Gasteiger partial charge in [0.05, 0.1) is 18.9 Å². The quantitative estimate of drug-likeness (QED) is 0.589. The molecule has 3 rings (SSSR count). The Bertz CT molecular complexity index is 954. The Hall–Kier alpha value is -3.22. The zero-order valence-electron chi connectivity index (χ0n) is 14.6. The van der Waals surface area contributed by atoms with E-state index in [0.717, 1.165) is 16.5 Å². The molecular weight excluding hydrogens is 336 g/mol. The van der Waals surface area contributed by atoms with E-state index in [9.17, 15) is 14.7 Å². The Labute approximate surface area is 149 Å². The number of aromatic nitrogens is 2. The van der Waals surface area contributed by atoms with E-state index in [1.165, 1.54) is 0 Å². The van der Waals surface area contributed by atoms with Crippen molar-refractivity contribution in [2.75, 3.05) is 13.2 Å². The van der Waals surface area contributed by atoms with Crippen LogP contribution < -0.4 is 0 Å². The molecule has 3 aromatic rings. The second-order valence-electron chi connectivity index (χ2n) is 5.68. The number of rotatable bonds is 6. The van der Waals surface area contributed by atoms with Crippen LogP contribution in [0.4, 0.5) is 0 Å². The minimum Gasteiger partial charge on any atom is -0.505 e. The predicted molar refractivity (Wildman–Crippen MR) is 95.5 cm³/mol. The van der Waals surface area contributed by atoms with Crippen LogP contribution in [-0.4, -0.2) is 40.2 Å². The molecule has 26 heavy (non-hydrogen) atoms. The molecule has 2 heterocycles. The van der Waals surface area contributed by atoms with Crippen molar-refractivity contribution in [3.05, 3.63) is 53.0 Å².